The number of rotatable bonds is 6. The Hall–Kier alpha value is -1.22. The largest absolute Gasteiger partial charge is 0.490 e. The lowest BCUT2D eigenvalue weighted by Crippen LogP contribution is -2.10. The van der Waals surface area contributed by atoms with Gasteiger partial charge in [-0.1, -0.05) is 19.1 Å². The molecule has 0 saturated heterocycles. The molecule has 0 heterocycles. The van der Waals surface area contributed by atoms with Gasteiger partial charge in [0.25, 0.3) is 0 Å². The maximum Gasteiger partial charge on any atom is 0.164 e. The van der Waals surface area contributed by atoms with Crippen molar-refractivity contribution in [2.75, 3.05) is 13.2 Å². The lowest BCUT2D eigenvalue weighted by molar-refractivity contribution is 0.220. The van der Waals surface area contributed by atoms with Crippen molar-refractivity contribution >= 4 is 0 Å². The minimum atomic E-state index is 0.0484. The zero-order valence-electron chi connectivity index (χ0n) is 11.1. The molecule has 0 bridgehead atoms. The van der Waals surface area contributed by atoms with Crippen LogP contribution in [0.3, 0.4) is 0 Å². The Morgan fingerprint density at radius 2 is 1.94 bits per heavy atom. The second kappa shape index (κ2) is 6.50. The van der Waals surface area contributed by atoms with Gasteiger partial charge in [-0.15, -0.1) is 0 Å². The molecule has 17 heavy (non-hydrogen) atoms. The third kappa shape index (κ3) is 3.63. The van der Waals surface area contributed by atoms with E-state index in [1.165, 1.54) is 0 Å². The van der Waals surface area contributed by atoms with Crippen LogP contribution < -0.4 is 9.47 Å². The number of hydrogen-bond acceptors (Lipinski definition) is 3. The quantitative estimate of drug-likeness (QED) is 0.828. The van der Waals surface area contributed by atoms with E-state index in [2.05, 4.69) is 0 Å². The lowest BCUT2D eigenvalue weighted by atomic mass is 10.0. The third-order valence-corrected chi connectivity index (χ3v) is 2.47. The molecule has 1 unspecified atom stereocenters. The van der Waals surface area contributed by atoms with E-state index in [-0.39, 0.29) is 18.6 Å². The average molecular weight is 238 g/mol. The summed E-state index contributed by atoms with van der Waals surface area (Å²) in [5.41, 5.74) is 0.993. The number of aliphatic hydroxyl groups is 1. The summed E-state index contributed by atoms with van der Waals surface area (Å²) in [5, 5.41) is 9.26. The zero-order valence-corrected chi connectivity index (χ0v) is 11.1. The van der Waals surface area contributed by atoms with Crippen LogP contribution in [0.25, 0.3) is 0 Å². The van der Waals surface area contributed by atoms with Crippen molar-refractivity contribution in [2.24, 2.45) is 0 Å². The van der Waals surface area contributed by atoms with E-state index >= 15 is 0 Å². The van der Waals surface area contributed by atoms with Crippen LogP contribution in [0.15, 0.2) is 18.2 Å². The van der Waals surface area contributed by atoms with Crippen molar-refractivity contribution in [3.05, 3.63) is 23.8 Å². The molecule has 1 aromatic carbocycles. The topological polar surface area (TPSA) is 38.7 Å². The summed E-state index contributed by atoms with van der Waals surface area (Å²) in [4.78, 5) is 0. The van der Waals surface area contributed by atoms with E-state index in [0.29, 0.717) is 6.61 Å². The van der Waals surface area contributed by atoms with Gasteiger partial charge < -0.3 is 14.6 Å². The molecule has 0 aliphatic heterocycles. The van der Waals surface area contributed by atoms with Gasteiger partial charge in [0.1, 0.15) is 0 Å². The van der Waals surface area contributed by atoms with Crippen LogP contribution >= 0.6 is 0 Å². The first-order valence-corrected chi connectivity index (χ1v) is 6.13. The molecule has 1 N–H and O–H groups in total. The van der Waals surface area contributed by atoms with Crippen LogP contribution in [0.1, 0.15) is 39.2 Å². The zero-order chi connectivity index (χ0) is 12.8. The second-order valence-corrected chi connectivity index (χ2v) is 4.36. The number of para-hydroxylation sites is 1. The summed E-state index contributed by atoms with van der Waals surface area (Å²) in [6.07, 6.45) is 0.105. The smallest absolute Gasteiger partial charge is 0.164 e. The predicted octanol–water partition coefficient (Wildman–Crippen LogP) is 2.97. The summed E-state index contributed by atoms with van der Waals surface area (Å²) in [6.45, 7) is 8.57. The Kier molecular flexibility index (Phi) is 5.29. The van der Waals surface area contributed by atoms with Gasteiger partial charge in [0, 0.05) is 18.1 Å². The van der Waals surface area contributed by atoms with Crippen LogP contribution in [-0.4, -0.2) is 24.4 Å². The fourth-order valence-electron chi connectivity index (χ4n) is 1.66. The van der Waals surface area contributed by atoms with Gasteiger partial charge in [-0.3, -0.25) is 0 Å². The summed E-state index contributed by atoms with van der Waals surface area (Å²) in [6, 6.07) is 5.80. The number of hydrogen-bond donors (Lipinski definition) is 1. The molecule has 3 nitrogen and oxygen atoms in total. The Balaban J connectivity index is 3.11. The number of benzene rings is 1. The molecule has 0 radical (unpaired) electrons. The third-order valence-electron chi connectivity index (χ3n) is 2.47. The van der Waals surface area contributed by atoms with E-state index in [4.69, 9.17) is 9.47 Å². The average Bonchev–Trinajstić information content (AvgIpc) is 2.30. The highest BCUT2D eigenvalue weighted by Crippen LogP contribution is 2.36. The van der Waals surface area contributed by atoms with Crippen molar-refractivity contribution in [3.63, 3.8) is 0 Å². The SMILES string of the molecule is CCOc1c(OC(C)C)cccc1C(C)CO. The van der Waals surface area contributed by atoms with E-state index in [9.17, 15) is 5.11 Å². The van der Waals surface area contributed by atoms with Gasteiger partial charge >= 0.3 is 0 Å². The molecule has 0 saturated carbocycles. The molecule has 0 spiro atoms. The highest BCUT2D eigenvalue weighted by Gasteiger charge is 2.16. The summed E-state index contributed by atoms with van der Waals surface area (Å²) < 4.78 is 11.4. The Bertz CT molecular complexity index is 347. The molecule has 0 amide bonds. The van der Waals surface area contributed by atoms with E-state index < -0.39 is 0 Å². The van der Waals surface area contributed by atoms with E-state index in [1.54, 1.807) is 0 Å². The molecule has 96 valence electrons. The summed E-state index contributed by atoms with van der Waals surface area (Å²) in [5.74, 6) is 1.55. The Labute approximate surface area is 103 Å². The van der Waals surface area contributed by atoms with Crippen LogP contribution in [0, 0.1) is 0 Å². The Morgan fingerprint density at radius 3 is 2.47 bits per heavy atom. The normalized spacial score (nSPS) is 12.6. The van der Waals surface area contributed by atoms with Crippen LogP contribution in [-0.2, 0) is 0 Å². The molecule has 0 aliphatic rings. The maximum absolute atomic E-state index is 9.26. The van der Waals surface area contributed by atoms with Crippen molar-refractivity contribution in [2.45, 2.75) is 39.7 Å². The fourth-order valence-corrected chi connectivity index (χ4v) is 1.66. The first-order valence-electron chi connectivity index (χ1n) is 6.13. The molecule has 0 fully saturated rings. The summed E-state index contributed by atoms with van der Waals surface area (Å²) in [7, 11) is 0. The van der Waals surface area contributed by atoms with Crippen LogP contribution in [0.5, 0.6) is 11.5 Å². The lowest BCUT2D eigenvalue weighted by Gasteiger charge is -2.19. The molecular formula is C14H22O3. The maximum atomic E-state index is 9.26. The number of ether oxygens (including phenoxy) is 2. The monoisotopic (exact) mass is 238 g/mol. The standard InChI is InChI=1S/C14H22O3/c1-5-16-14-12(11(4)9-15)7-6-8-13(14)17-10(2)3/h6-8,10-11,15H,5,9H2,1-4H3. The molecule has 1 rings (SSSR count). The van der Waals surface area contributed by atoms with Gasteiger partial charge in [-0.05, 0) is 26.8 Å². The summed E-state index contributed by atoms with van der Waals surface area (Å²) >= 11 is 0. The molecule has 1 aromatic rings. The number of aliphatic hydroxyl groups excluding tert-OH is 1. The predicted molar refractivity (Wildman–Crippen MR) is 68.9 cm³/mol. The molecule has 0 aliphatic carbocycles. The first-order chi connectivity index (χ1) is 8.10. The second-order valence-electron chi connectivity index (χ2n) is 4.36. The highest BCUT2D eigenvalue weighted by molar-refractivity contribution is 5.48. The van der Waals surface area contributed by atoms with E-state index in [1.807, 2.05) is 45.9 Å². The van der Waals surface area contributed by atoms with Crippen LogP contribution in [0.4, 0.5) is 0 Å². The molecule has 1 atom stereocenters. The molecule has 3 heteroatoms. The minimum Gasteiger partial charge on any atom is -0.490 e. The first kappa shape index (κ1) is 13.8. The minimum absolute atomic E-state index is 0.0484. The van der Waals surface area contributed by atoms with Crippen molar-refractivity contribution in [1.82, 2.24) is 0 Å². The van der Waals surface area contributed by atoms with Crippen molar-refractivity contribution in [3.8, 4) is 11.5 Å². The van der Waals surface area contributed by atoms with Gasteiger partial charge in [0.2, 0.25) is 0 Å². The molecule has 0 aromatic heterocycles. The van der Waals surface area contributed by atoms with Crippen molar-refractivity contribution in [1.29, 1.82) is 0 Å². The molecular weight excluding hydrogens is 216 g/mol. The van der Waals surface area contributed by atoms with Gasteiger partial charge in [-0.2, -0.15) is 0 Å². The Morgan fingerprint density at radius 1 is 1.24 bits per heavy atom. The highest BCUT2D eigenvalue weighted by atomic mass is 16.5. The van der Waals surface area contributed by atoms with Crippen LogP contribution in [0.2, 0.25) is 0 Å². The van der Waals surface area contributed by atoms with Gasteiger partial charge in [0.15, 0.2) is 11.5 Å². The fraction of sp³-hybridized carbons (Fsp3) is 0.571. The van der Waals surface area contributed by atoms with E-state index in [0.717, 1.165) is 17.1 Å². The van der Waals surface area contributed by atoms with Gasteiger partial charge in [-0.25, -0.2) is 0 Å². The van der Waals surface area contributed by atoms with Crippen molar-refractivity contribution < 1.29 is 14.6 Å². The van der Waals surface area contributed by atoms with Gasteiger partial charge in [0.05, 0.1) is 12.7 Å².